The Hall–Kier alpha value is -1.32. The van der Waals surface area contributed by atoms with E-state index in [0.717, 1.165) is 19.3 Å². The molecule has 1 heterocycles. The lowest BCUT2D eigenvalue weighted by Crippen LogP contribution is -2.59. The summed E-state index contributed by atoms with van der Waals surface area (Å²) in [4.78, 5) is 25.4. The van der Waals surface area contributed by atoms with Crippen LogP contribution in [0.1, 0.15) is 72.6 Å². The van der Waals surface area contributed by atoms with Gasteiger partial charge in [0.15, 0.2) is 0 Å². The summed E-state index contributed by atoms with van der Waals surface area (Å²) in [5, 5.41) is 9.31. The molecule has 0 spiro atoms. The van der Waals surface area contributed by atoms with Crippen LogP contribution >= 0.6 is 0 Å². The maximum Gasteiger partial charge on any atom is 0.303 e. The average molecular weight is 376 g/mol. The monoisotopic (exact) mass is 375 g/mol. The van der Waals surface area contributed by atoms with Crippen molar-refractivity contribution < 1.29 is 14.7 Å². The van der Waals surface area contributed by atoms with Gasteiger partial charge in [-0.1, -0.05) is 33.8 Å². The van der Waals surface area contributed by atoms with Crippen molar-refractivity contribution in [1.82, 2.24) is 4.90 Å². The number of carbonyl (C=O) groups is 2. The van der Waals surface area contributed by atoms with E-state index in [4.69, 9.17) is 0 Å². The number of carboxylic acid groups (broad SMARTS) is 1. The van der Waals surface area contributed by atoms with Crippen LogP contribution in [0.25, 0.3) is 0 Å². The van der Waals surface area contributed by atoms with Gasteiger partial charge in [-0.3, -0.25) is 9.59 Å². The zero-order valence-electron chi connectivity index (χ0n) is 17.7. The zero-order valence-corrected chi connectivity index (χ0v) is 17.7. The van der Waals surface area contributed by atoms with Gasteiger partial charge in [0.1, 0.15) is 0 Å². The van der Waals surface area contributed by atoms with Crippen molar-refractivity contribution in [3.8, 4) is 0 Å². The van der Waals surface area contributed by atoms with Crippen molar-refractivity contribution in [1.29, 1.82) is 0 Å². The number of amides is 1. The third-order valence-electron chi connectivity index (χ3n) is 8.75. The molecule has 4 rings (SSSR count). The van der Waals surface area contributed by atoms with E-state index in [2.05, 4.69) is 19.9 Å². The summed E-state index contributed by atoms with van der Waals surface area (Å²) in [5.41, 5.74) is 0.278. The van der Waals surface area contributed by atoms with Gasteiger partial charge in [0, 0.05) is 24.9 Å². The van der Waals surface area contributed by atoms with Crippen molar-refractivity contribution in [2.45, 2.75) is 78.7 Å². The fourth-order valence-corrected chi connectivity index (χ4v) is 7.39. The summed E-state index contributed by atoms with van der Waals surface area (Å²) in [5.74, 6) is 1.81. The van der Waals surface area contributed by atoms with Gasteiger partial charge in [-0.05, 0) is 73.7 Å². The minimum atomic E-state index is -0.639. The van der Waals surface area contributed by atoms with Crippen molar-refractivity contribution >= 4 is 11.9 Å². The predicted octanol–water partition coefficient (Wildman–Crippen LogP) is 4.74. The number of likely N-dealkylation sites (N-methyl/N-ethyl adjacent to an activating group) is 1. The number of carbonyl (C=O) groups excluding carboxylic acids is 1. The lowest BCUT2D eigenvalue weighted by molar-refractivity contribution is -0.142. The molecular formula is C23H37NO3. The normalized spacial score (nSPS) is 45.3. The standard InChI is InChI=1S/C21H31NO3.C2H6/c1-20-10-8-16-14(15(20)6-4-13(20)12-19(24)25)5-7-17-21(16,2)11-9-18(23)22(17)3;1-2/h9,11,13-17H,4-8,10,12H2,1-3H3,(H,24,25);1-2H3. The summed E-state index contributed by atoms with van der Waals surface area (Å²) < 4.78 is 0. The van der Waals surface area contributed by atoms with Gasteiger partial charge in [0.05, 0.1) is 0 Å². The molecule has 7 unspecified atom stereocenters. The van der Waals surface area contributed by atoms with E-state index >= 15 is 0 Å². The summed E-state index contributed by atoms with van der Waals surface area (Å²) in [6, 6.07) is 0.326. The molecule has 27 heavy (non-hydrogen) atoms. The summed E-state index contributed by atoms with van der Waals surface area (Å²) in [7, 11) is 1.96. The number of hydrogen-bond acceptors (Lipinski definition) is 2. The van der Waals surface area contributed by atoms with Crippen LogP contribution < -0.4 is 0 Å². The second-order valence-corrected chi connectivity index (χ2v) is 9.54. The second kappa shape index (κ2) is 7.25. The Kier molecular flexibility index (Phi) is 5.48. The van der Waals surface area contributed by atoms with Crippen LogP contribution in [0.3, 0.4) is 0 Å². The first-order valence-corrected chi connectivity index (χ1v) is 10.9. The van der Waals surface area contributed by atoms with Gasteiger partial charge in [0.25, 0.3) is 0 Å². The smallest absolute Gasteiger partial charge is 0.303 e. The van der Waals surface area contributed by atoms with E-state index in [0.29, 0.717) is 36.1 Å². The summed E-state index contributed by atoms with van der Waals surface area (Å²) >= 11 is 0. The first-order valence-electron chi connectivity index (χ1n) is 10.9. The van der Waals surface area contributed by atoms with Crippen molar-refractivity contribution in [2.75, 3.05) is 7.05 Å². The van der Waals surface area contributed by atoms with Gasteiger partial charge in [0.2, 0.25) is 5.91 Å². The summed E-state index contributed by atoms with van der Waals surface area (Å²) in [6.07, 6.45) is 11.2. The minimum absolute atomic E-state index is 0.0811. The molecule has 1 N–H and O–H groups in total. The van der Waals surface area contributed by atoms with Gasteiger partial charge >= 0.3 is 5.97 Å². The van der Waals surface area contributed by atoms with Crippen LogP contribution in [-0.4, -0.2) is 35.0 Å². The molecule has 4 heteroatoms. The van der Waals surface area contributed by atoms with Crippen molar-refractivity contribution in [3.63, 3.8) is 0 Å². The fourth-order valence-electron chi connectivity index (χ4n) is 7.39. The number of aliphatic carboxylic acids is 1. The van der Waals surface area contributed by atoms with Crippen LogP contribution in [0.4, 0.5) is 0 Å². The van der Waals surface area contributed by atoms with Crippen LogP contribution in [0, 0.1) is 34.5 Å². The van der Waals surface area contributed by atoms with E-state index in [-0.39, 0.29) is 16.7 Å². The van der Waals surface area contributed by atoms with E-state index < -0.39 is 5.97 Å². The molecule has 4 aliphatic rings. The Morgan fingerprint density at radius 3 is 2.52 bits per heavy atom. The van der Waals surface area contributed by atoms with Crippen LogP contribution in [0.5, 0.6) is 0 Å². The topological polar surface area (TPSA) is 57.6 Å². The molecule has 0 aromatic heterocycles. The molecule has 0 bridgehead atoms. The molecule has 3 aliphatic carbocycles. The van der Waals surface area contributed by atoms with Gasteiger partial charge < -0.3 is 10.0 Å². The third-order valence-corrected chi connectivity index (χ3v) is 8.75. The first-order chi connectivity index (χ1) is 12.8. The molecule has 0 saturated heterocycles. The van der Waals surface area contributed by atoms with Crippen molar-refractivity contribution in [3.05, 3.63) is 12.2 Å². The van der Waals surface area contributed by atoms with Gasteiger partial charge in [-0.25, -0.2) is 0 Å². The highest BCUT2D eigenvalue weighted by Crippen LogP contribution is 2.65. The molecule has 4 nitrogen and oxygen atoms in total. The van der Waals surface area contributed by atoms with E-state index in [1.807, 2.05) is 25.8 Å². The van der Waals surface area contributed by atoms with Gasteiger partial charge in [-0.15, -0.1) is 0 Å². The first kappa shape index (κ1) is 20.4. The Morgan fingerprint density at radius 1 is 1.15 bits per heavy atom. The molecule has 0 aromatic rings. The number of hydrogen-bond donors (Lipinski definition) is 1. The van der Waals surface area contributed by atoms with Crippen molar-refractivity contribution in [2.24, 2.45) is 34.5 Å². The minimum Gasteiger partial charge on any atom is -0.481 e. The average Bonchev–Trinajstić information content (AvgIpc) is 2.96. The second-order valence-electron chi connectivity index (χ2n) is 9.54. The van der Waals surface area contributed by atoms with E-state index in [1.54, 1.807) is 6.08 Å². The molecule has 3 fully saturated rings. The highest BCUT2D eigenvalue weighted by Gasteiger charge is 2.60. The lowest BCUT2D eigenvalue weighted by Gasteiger charge is -2.60. The molecule has 3 saturated carbocycles. The quantitative estimate of drug-likeness (QED) is 0.758. The molecule has 0 aromatic carbocycles. The molecule has 152 valence electrons. The Labute approximate surface area is 164 Å². The van der Waals surface area contributed by atoms with Crippen LogP contribution in [0.2, 0.25) is 0 Å². The zero-order chi connectivity index (χ0) is 20.0. The number of carboxylic acids is 1. The Morgan fingerprint density at radius 2 is 1.85 bits per heavy atom. The van der Waals surface area contributed by atoms with E-state index in [9.17, 15) is 14.7 Å². The molecular weight excluding hydrogens is 338 g/mol. The SMILES string of the molecule is CC.CN1C(=O)C=CC2(C)C3CCC4(C)C(CC(=O)O)CCC4C3CCC12. The summed E-state index contributed by atoms with van der Waals surface area (Å²) in [6.45, 7) is 8.73. The maximum absolute atomic E-state index is 12.1. The third kappa shape index (κ3) is 3.03. The van der Waals surface area contributed by atoms with Crippen LogP contribution in [-0.2, 0) is 9.59 Å². The largest absolute Gasteiger partial charge is 0.481 e. The molecule has 0 radical (unpaired) electrons. The number of rotatable bonds is 2. The molecule has 1 amide bonds. The Bertz CT molecular complexity index is 629. The number of fused-ring (bicyclic) bond motifs is 5. The maximum atomic E-state index is 12.1. The fraction of sp³-hybridized carbons (Fsp3) is 0.826. The van der Waals surface area contributed by atoms with E-state index in [1.165, 1.54) is 19.3 Å². The van der Waals surface area contributed by atoms with Crippen LogP contribution in [0.15, 0.2) is 12.2 Å². The lowest BCUT2D eigenvalue weighted by atomic mass is 9.47. The highest BCUT2D eigenvalue weighted by molar-refractivity contribution is 5.89. The van der Waals surface area contributed by atoms with Gasteiger partial charge in [-0.2, -0.15) is 0 Å². The highest BCUT2D eigenvalue weighted by atomic mass is 16.4. The Balaban J connectivity index is 0.00000102. The molecule has 7 atom stereocenters. The predicted molar refractivity (Wildman–Crippen MR) is 107 cm³/mol. The molecule has 1 aliphatic heterocycles. The number of nitrogens with zero attached hydrogens (tertiary/aromatic N) is 1.